The lowest BCUT2D eigenvalue weighted by atomic mass is 9.76. The number of nitrogens with zero attached hydrogens (tertiary/aromatic N) is 9. The number of piperidine rings is 3. The van der Waals surface area contributed by atoms with Crippen molar-refractivity contribution in [1.29, 1.82) is 0 Å². The highest BCUT2D eigenvalue weighted by molar-refractivity contribution is 5.48. The first kappa shape index (κ1) is 38.0. The number of likely N-dealkylation sites (tertiary alicyclic amines) is 1. The third-order valence-electron chi connectivity index (χ3n) is 11.7. The molecule has 0 bridgehead atoms. The second-order valence-electron chi connectivity index (χ2n) is 18.6. The van der Waals surface area contributed by atoms with Gasteiger partial charge in [0.15, 0.2) is 0 Å². The Bertz CT molecular complexity index is 1150. The van der Waals surface area contributed by atoms with Gasteiger partial charge in [0, 0.05) is 79.0 Å². The Morgan fingerprint density at radius 1 is 0.511 bits per heavy atom. The van der Waals surface area contributed by atoms with Gasteiger partial charge in [-0.15, -0.1) is 0 Å². The number of hydrogen-bond acceptors (Lipinski definition) is 12. The van der Waals surface area contributed by atoms with Crippen molar-refractivity contribution in [3.05, 3.63) is 0 Å². The van der Waals surface area contributed by atoms with Crippen LogP contribution in [0.25, 0.3) is 0 Å². The summed E-state index contributed by atoms with van der Waals surface area (Å²) in [5.74, 6) is 1.90. The van der Waals surface area contributed by atoms with E-state index in [-0.39, 0.29) is 35.8 Å². The number of aromatic nitrogens is 3. The van der Waals surface area contributed by atoms with Crippen molar-refractivity contribution < 1.29 is 15.5 Å². The average molecular weight is 662 g/mol. The van der Waals surface area contributed by atoms with Gasteiger partial charge in [0.05, 0.1) is 6.61 Å². The average Bonchev–Trinajstić information content (AvgIpc) is 2.93. The summed E-state index contributed by atoms with van der Waals surface area (Å²) < 4.78 is 0. The lowest BCUT2D eigenvalue weighted by molar-refractivity contribution is -0.244. The molecule has 4 rings (SSSR count). The molecule has 1 aromatic heterocycles. The second kappa shape index (κ2) is 12.5. The van der Waals surface area contributed by atoms with Gasteiger partial charge in [0.2, 0.25) is 17.8 Å². The SMILES string of the molecule is CN(c1nc(N(C)C2CC(C)(C)N(O)C(C)(C)C2)nc(N(C)C2CC(C)(C)N(CCO)C(C)(C)C2)n1)C1CC(C)(C)N(O)C(C)(C)C1. The Hall–Kier alpha value is -1.83. The minimum absolute atomic E-state index is 0.109. The number of hydroxylamine groups is 4. The molecule has 12 heteroatoms. The topological polar surface area (TPSA) is 119 Å². The van der Waals surface area contributed by atoms with E-state index < -0.39 is 22.2 Å². The molecule has 47 heavy (non-hydrogen) atoms. The maximum atomic E-state index is 11.0. The molecule has 0 aliphatic carbocycles. The van der Waals surface area contributed by atoms with Gasteiger partial charge in [-0.3, -0.25) is 4.90 Å². The summed E-state index contributed by atoms with van der Waals surface area (Å²) in [6.07, 6.45) is 4.85. The van der Waals surface area contributed by atoms with Gasteiger partial charge >= 0.3 is 0 Å². The Morgan fingerprint density at radius 3 is 0.979 bits per heavy atom. The van der Waals surface area contributed by atoms with Crippen LogP contribution in [0.2, 0.25) is 0 Å². The molecule has 3 N–H and O–H groups in total. The van der Waals surface area contributed by atoms with Crippen molar-refractivity contribution in [1.82, 2.24) is 30.0 Å². The van der Waals surface area contributed by atoms with E-state index in [1.54, 1.807) is 0 Å². The largest absolute Gasteiger partial charge is 0.395 e. The van der Waals surface area contributed by atoms with Crippen LogP contribution < -0.4 is 14.7 Å². The highest BCUT2D eigenvalue weighted by Gasteiger charge is 2.49. The van der Waals surface area contributed by atoms with Gasteiger partial charge in [-0.2, -0.15) is 25.1 Å². The molecule has 1 aromatic rings. The Morgan fingerprint density at radius 2 is 0.745 bits per heavy atom. The number of aliphatic hydroxyl groups excluding tert-OH is 1. The highest BCUT2D eigenvalue weighted by Crippen LogP contribution is 2.43. The van der Waals surface area contributed by atoms with E-state index in [0.29, 0.717) is 24.4 Å². The normalized spacial score (nSPS) is 26.7. The summed E-state index contributed by atoms with van der Waals surface area (Å²) in [5, 5.41) is 34.9. The van der Waals surface area contributed by atoms with E-state index in [4.69, 9.17) is 15.0 Å². The van der Waals surface area contributed by atoms with Gasteiger partial charge in [0.1, 0.15) is 0 Å². The fraction of sp³-hybridized carbons (Fsp3) is 0.914. The molecule has 0 aromatic carbocycles. The van der Waals surface area contributed by atoms with Crippen LogP contribution in [0.1, 0.15) is 122 Å². The van der Waals surface area contributed by atoms with E-state index in [1.807, 2.05) is 0 Å². The first-order chi connectivity index (χ1) is 21.3. The van der Waals surface area contributed by atoms with Gasteiger partial charge < -0.3 is 30.2 Å². The molecule has 3 saturated heterocycles. The van der Waals surface area contributed by atoms with Gasteiger partial charge in [0.25, 0.3) is 0 Å². The highest BCUT2D eigenvalue weighted by atomic mass is 16.5. The van der Waals surface area contributed by atoms with Gasteiger partial charge in [-0.1, -0.05) is 0 Å². The van der Waals surface area contributed by atoms with Crippen molar-refractivity contribution >= 4 is 17.8 Å². The number of aliphatic hydroxyl groups is 1. The van der Waals surface area contributed by atoms with Crippen LogP contribution in [0.4, 0.5) is 17.8 Å². The van der Waals surface area contributed by atoms with E-state index in [0.717, 1.165) is 38.5 Å². The minimum atomic E-state index is -0.415. The molecule has 0 saturated carbocycles. The standard InChI is InChI=1S/C35H67N9O3/c1-30(2)18-24(19-31(3,4)42(30)16-17-45)39(13)27-36-28(40(14)25-20-32(5,6)43(46)33(7,8)21-25)38-29(37-27)41(15)26-22-34(9,10)44(47)35(11,12)23-26/h24-26,45-47H,16-23H2,1-15H3. The number of anilines is 3. The first-order valence-corrected chi connectivity index (χ1v) is 17.6. The maximum absolute atomic E-state index is 11.0. The molecule has 270 valence electrons. The van der Waals surface area contributed by atoms with Crippen molar-refractivity contribution in [2.45, 2.75) is 173 Å². The first-order valence-electron chi connectivity index (χ1n) is 17.6. The summed E-state index contributed by atoms with van der Waals surface area (Å²) >= 11 is 0. The fourth-order valence-corrected chi connectivity index (χ4v) is 9.53. The molecule has 0 amide bonds. The lowest BCUT2D eigenvalue weighted by Crippen LogP contribution is -2.64. The minimum Gasteiger partial charge on any atom is -0.395 e. The zero-order valence-corrected chi connectivity index (χ0v) is 32.3. The van der Waals surface area contributed by atoms with Gasteiger partial charge in [-0.05, 0) is 122 Å². The van der Waals surface area contributed by atoms with Crippen LogP contribution in [-0.2, 0) is 0 Å². The molecule has 3 fully saturated rings. The number of rotatable bonds is 8. The number of hydrogen-bond donors (Lipinski definition) is 3. The molecular weight excluding hydrogens is 594 g/mol. The van der Waals surface area contributed by atoms with Crippen LogP contribution in [-0.4, -0.2) is 131 Å². The van der Waals surface area contributed by atoms with E-state index in [2.05, 4.69) is 124 Å². The third kappa shape index (κ3) is 7.38. The van der Waals surface area contributed by atoms with Crippen LogP contribution in [0.3, 0.4) is 0 Å². The van der Waals surface area contributed by atoms with Crippen LogP contribution >= 0.6 is 0 Å². The monoisotopic (exact) mass is 662 g/mol. The summed E-state index contributed by atoms with van der Waals surface area (Å²) in [7, 11) is 6.25. The molecule has 0 spiro atoms. The number of β-amino-alcohol motifs (C(OH)–C–C–N with tert-alkyl or cyclic N) is 1. The third-order valence-corrected chi connectivity index (χ3v) is 11.7. The summed E-state index contributed by atoms with van der Waals surface area (Å²) in [4.78, 5) is 24.5. The van der Waals surface area contributed by atoms with Crippen molar-refractivity contribution in [3.63, 3.8) is 0 Å². The quantitative estimate of drug-likeness (QED) is 0.347. The molecule has 4 heterocycles. The molecular formula is C35H67N9O3. The molecule has 3 aliphatic heterocycles. The zero-order valence-electron chi connectivity index (χ0n) is 32.3. The van der Waals surface area contributed by atoms with Crippen molar-refractivity contribution in [3.8, 4) is 0 Å². The predicted octanol–water partition coefficient (Wildman–Crippen LogP) is 5.02. The van der Waals surface area contributed by atoms with Crippen LogP contribution in [0, 0.1) is 0 Å². The summed E-state index contributed by atoms with van der Waals surface area (Å²) in [6.45, 7) is 26.6. The van der Waals surface area contributed by atoms with Crippen LogP contribution in [0.5, 0.6) is 0 Å². The van der Waals surface area contributed by atoms with Gasteiger partial charge in [-0.25, -0.2) is 0 Å². The lowest BCUT2D eigenvalue weighted by Gasteiger charge is -2.56. The Labute approximate surface area is 285 Å². The summed E-state index contributed by atoms with van der Waals surface area (Å²) in [5.41, 5.74) is -1.91. The molecule has 12 nitrogen and oxygen atoms in total. The summed E-state index contributed by atoms with van der Waals surface area (Å²) in [6, 6.07) is 0.397. The maximum Gasteiger partial charge on any atom is 0.231 e. The van der Waals surface area contributed by atoms with E-state index >= 15 is 0 Å². The van der Waals surface area contributed by atoms with Crippen molar-refractivity contribution in [2.75, 3.05) is 49.0 Å². The van der Waals surface area contributed by atoms with Crippen LogP contribution in [0.15, 0.2) is 0 Å². The molecule has 3 aliphatic rings. The smallest absolute Gasteiger partial charge is 0.231 e. The second-order valence-corrected chi connectivity index (χ2v) is 18.6. The van der Waals surface area contributed by atoms with E-state index in [9.17, 15) is 15.5 Å². The predicted molar refractivity (Wildman–Crippen MR) is 190 cm³/mol. The van der Waals surface area contributed by atoms with Crippen molar-refractivity contribution in [2.24, 2.45) is 0 Å². The zero-order chi connectivity index (χ0) is 35.7. The molecule has 0 unspecified atom stereocenters. The Balaban J connectivity index is 1.76. The van der Waals surface area contributed by atoms with E-state index in [1.165, 1.54) is 10.1 Å². The fourth-order valence-electron chi connectivity index (χ4n) is 9.53. The Kier molecular flexibility index (Phi) is 10.1. The molecule has 0 atom stereocenters. The molecule has 0 radical (unpaired) electrons.